The summed E-state index contributed by atoms with van der Waals surface area (Å²) >= 11 is 0. The number of hydrogen-bond acceptors (Lipinski definition) is 4. The van der Waals surface area contributed by atoms with Crippen LogP contribution in [0.5, 0.6) is 0 Å². The van der Waals surface area contributed by atoms with Gasteiger partial charge in [-0.25, -0.2) is 9.59 Å². The highest BCUT2D eigenvalue weighted by Crippen LogP contribution is 2.19. The van der Waals surface area contributed by atoms with Crippen LogP contribution in [-0.4, -0.2) is 54.9 Å². The van der Waals surface area contributed by atoms with Crippen LogP contribution in [-0.2, 0) is 9.53 Å². The van der Waals surface area contributed by atoms with E-state index in [2.05, 4.69) is 16.6 Å². The molecule has 0 aromatic heterocycles. The molecule has 0 heterocycles. The fourth-order valence-corrected chi connectivity index (χ4v) is 1.34. The SMILES string of the molecule is C=CCC(NC(=O)N(C)C)(C(=O)OC)C(C)O. The summed E-state index contributed by atoms with van der Waals surface area (Å²) in [4.78, 5) is 24.6. The first-order valence-electron chi connectivity index (χ1n) is 5.18. The Morgan fingerprint density at radius 2 is 2.12 bits per heavy atom. The summed E-state index contributed by atoms with van der Waals surface area (Å²) in [6, 6.07) is -0.488. The van der Waals surface area contributed by atoms with E-state index >= 15 is 0 Å². The highest BCUT2D eigenvalue weighted by Gasteiger charge is 2.45. The Balaban J connectivity index is 5.24. The zero-order chi connectivity index (χ0) is 13.6. The zero-order valence-electron chi connectivity index (χ0n) is 10.7. The predicted octanol–water partition coefficient (Wildman–Crippen LogP) is 0.126. The van der Waals surface area contributed by atoms with Gasteiger partial charge in [-0.3, -0.25) is 0 Å². The third-order valence-electron chi connectivity index (χ3n) is 2.47. The van der Waals surface area contributed by atoms with Crippen molar-refractivity contribution in [3.8, 4) is 0 Å². The number of methoxy groups -OCH3 is 1. The fraction of sp³-hybridized carbons (Fsp3) is 0.636. The molecule has 0 aliphatic carbocycles. The molecule has 0 spiro atoms. The van der Waals surface area contributed by atoms with Crippen molar-refractivity contribution >= 4 is 12.0 Å². The average molecular weight is 244 g/mol. The third kappa shape index (κ3) is 3.45. The van der Waals surface area contributed by atoms with Gasteiger partial charge in [0.15, 0.2) is 5.54 Å². The number of carbonyl (C=O) groups excluding carboxylic acids is 2. The highest BCUT2D eigenvalue weighted by molar-refractivity contribution is 5.88. The van der Waals surface area contributed by atoms with Crippen LogP contribution < -0.4 is 5.32 Å². The average Bonchev–Trinajstić information content (AvgIpc) is 2.26. The Labute approximate surface area is 101 Å². The van der Waals surface area contributed by atoms with Gasteiger partial charge in [-0.2, -0.15) is 0 Å². The molecule has 0 fully saturated rings. The van der Waals surface area contributed by atoms with Crippen LogP contribution in [0.2, 0.25) is 0 Å². The van der Waals surface area contributed by atoms with Crippen molar-refractivity contribution < 1.29 is 19.4 Å². The highest BCUT2D eigenvalue weighted by atomic mass is 16.5. The molecule has 6 heteroatoms. The minimum Gasteiger partial charge on any atom is -0.467 e. The van der Waals surface area contributed by atoms with E-state index in [1.54, 1.807) is 0 Å². The first-order chi connectivity index (χ1) is 7.81. The van der Waals surface area contributed by atoms with Crippen molar-refractivity contribution in [3.63, 3.8) is 0 Å². The van der Waals surface area contributed by atoms with Gasteiger partial charge in [0.2, 0.25) is 0 Å². The molecule has 2 N–H and O–H groups in total. The van der Waals surface area contributed by atoms with Crippen LogP contribution in [0.3, 0.4) is 0 Å². The molecule has 0 bridgehead atoms. The van der Waals surface area contributed by atoms with Crippen LogP contribution >= 0.6 is 0 Å². The minimum atomic E-state index is -1.50. The maximum atomic E-state index is 11.8. The molecule has 2 unspecified atom stereocenters. The Morgan fingerprint density at radius 1 is 1.59 bits per heavy atom. The molecule has 0 aliphatic heterocycles. The lowest BCUT2D eigenvalue weighted by Crippen LogP contribution is -2.63. The molecule has 2 amide bonds. The summed E-state index contributed by atoms with van der Waals surface area (Å²) in [5, 5.41) is 12.2. The van der Waals surface area contributed by atoms with Crippen molar-refractivity contribution in [3.05, 3.63) is 12.7 Å². The number of nitrogens with one attached hydrogen (secondary N) is 1. The lowest BCUT2D eigenvalue weighted by atomic mass is 9.89. The van der Waals surface area contributed by atoms with Gasteiger partial charge in [0, 0.05) is 20.5 Å². The van der Waals surface area contributed by atoms with E-state index < -0.39 is 23.6 Å². The van der Waals surface area contributed by atoms with Gasteiger partial charge in [0.05, 0.1) is 13.2 Å². The number of ether oxygens (including phenoxy) is 1. The molecule has 2 atom stereocenters. The van der Waals surface area contributed by atoms with E-state index in [1.807, 2.05) is 0 Å². The van der Waals surface area contributed by atoms with Gasteiger partial charge in [0.25, 0.3) is 0 Å². The van der Waals surface area contributed by atoms with E-state index in [1.165, 1.54) is 39.1 Å². The van der Waals surface area contributed by atoms with Gasteiger partial charge < -0.3 is 20.1 Å². The van der Waals surface area contributed by atoms with Gasteiger partial charge in [-0.05, 0) is 6.92 Å². The zero-order valence-corrected chi connectivity index (χ0v) is 10.7. The first-order valence-corrected chi connectivity index (χ1v) is 5.18. The predicted molar refractivity (Wildman–Crippen MR) is 63.5 cm³/mol. The summed E-state index contributed by atoms with van der Waals surface area (Å²) in [6.45, 7) is 4.93. The van der Waals surface area contributed by atoms with Crippen molar-refractivity contribution in [1.29, 1.82) is 0 Å². The number of amides is 2. The summed E-state index contributed by atoms with van der Waals surface area (Å²) in [5.74, 6) is -0.706. The van der Waals surface area contributed by atoms with Crippen LogP contribution in [0.25, 0.3) is 0 Å². The van der Waals surface area contributed by atoms with Crippen LogP contribution in [0.15, 0.2) is 12.7 Å². The topological polar surface area (TPSA) is 78.9 Å². The van der Waals surface area contributed by atoms with Crippen LogP contribution in [0, 0.1) is 0 Å². The van der Waals surface area contributed by atoms with Crippen LogP contribution in [0.4, 0.5) is 4.79 Å². The molecule has 0 aromatic rings. The van der Waals surface area contributed by atoms with E-state index in [4.69, 9.17) is 0 Å². The number of aliphatic hydroxyl groups excluding tert-OH is 1. The number of nitrogens with zero attached hydrogens (tertiary/aromatic N) is 1. The second-order valence-corrected chi connectivity index (χ2v) is 3.96. The summed E-state index contributed by atoms with van der Waals surface area (Å²) < 4.78 is 4.63. The molecule has 0 aliphatic rings. The Morgan fingerprint density at radius 3 is 2.41 bits per heavy atom. The maximum absolute atomic E-state index is 11.8. The minimum absolute atomic E-state index is 0.0803. The van der Waals surface area contributed by atoms with Crippen molar-refractivity contribution in [2.24, 2.45) is 0 Å². The Bertz CT molecular complexity index is 302. The second kappa shape index (κ2) is 6.24. The number of esters is 1. The molecule has 0 saturated carbocycles. The number of carbonyl (C=O) groups is 2. The molecule has 17 heavy (non-hydrogen) atoms. The normalized spacial score (nSPS) is 15.4. The van der Waals surface area contributed by atoms with Crippen molar-refractivity contribution in [1.82, 2.24) is 10.2 Å². The lowest BCUT2D eigenvalue weighted by molar-refractivity contribution is -0.152. The number of aliphatic hydroxyl groups is 1. The van der Waals surface area contributed by atoms with E-state index in [0.29, 0.717) is 0 Å². The fourth-order valence-electron chi connectivity index (χ4n) is 1.34. The molecule has 98 valence electrons. The monoisotopic (exact) mass is 244 g/mol. The third-order valence-corrected chi connectivity index (χ3v) is 2.47. The van der Waals surface area contributed by atoms with E-state index in [-0.39, 0.29) is 6.42 Å². The largest absolute Gasteiger partial charge is 0.467 e. The maximum Gasteiger partial charge on any atom is 0.334 e. The van der Waals surface area contributed by atoms with E-state index in [9.17, 15) is 14.7 Å². The summed E-state index contributed by atoms with van der Waals surface area (Å²) in [6.07, 6.45) is 0.424. The molecule has 6 nitrogen and oxygen atoms in total. The quantitative estimate of drug-likeness (QED) is 0.532. The van der Waals surface area contributed by atoms with Crippen molar-refractivity contribution in [2.45, 2.75) is 25.0 Å². The van der Waals surface area contributed by atoms with Crippen LogP contribution in [0.1, 0.15) is 13.3 Å². The van der Waals surface area contributed by atoms with Crippen molar-refractivity contribution in [2.75, 3.05) is 21.2 Å². The second-order valence-electron chi connectivity index (χ2n) is 3.96. The molecular weight excluding hydrogens is 224 g/mol. The number of urea groups is 1. The van der Waals surface area contributed by atoms with Gasteiger partial charge >= 0.3 is 12.0 Å². The van der Waals surface area contributed by atoms with Gasteiger partial charge in [-0.15, -0.1) is 6.58 Å². The Hall–Kier alpha value is -1.56. The lowest BCUT2D eigenvalue weighted by Gasteiger charge is -2.34. The number of rotatable bonds is 5. The standard InChI is InChI=1S/C11H20N2O4/c1-6-7-11(8(2)14,9(15)17-5)12-10(16)13(3)4/h6,8,14H,1,7H2,2-5H3,(H,12,16). The number of hydrogen-bond donors (Lipinski definition) is 2. The molecule has 0 radical (unpaired) electrons. The van der Waals surface area contributed by atoms with E-state index in [0.717, 1.165) is 0 Å². The summed E-state index contributed by atoms with van der Waals surface area (Å²) in [5.41, 5.74) is -1.50. The molecule has 0 saturated heterocycles. The van der Waals surface area contributed by atoms with Gasteiger partial charge in [0.1, 0.15) is 0 Å². The summed E-state index contributed by atoms with van der Waals surface area (Å²) in [7, 11) is 4.27. The molecule has 0 rings (SSSR count). The first kappa shape index (κ1) is 15.4. The molecule has 0 aromatic carbocycles. The van der Waals surface area contributed by atoms with Gasteiger partial charge in [-0.1, -0.05) is 6.08 Å². The smallest absolute Gasteiger partial charge is 0.334 e. The molecular formula is C11H20N2O4. The Kier molecular flexibility index (Phi) is 5.67.